The number of para-hydroxylation sites is 1. The molecule has 0 bridgehead atoms. The Morgan fingerprint density at radius 3 is 2.32 bits per heavy atom. The van der Waals surface area contributed by atoms with Gasteiger partial charge in [0.1, 0.15) is 4.88 Å². The third-order valence-electron chi connectivity index (χ3n) is 3.85. The van der Waals surface area contributed by atoms with Crippen molar-refractivity contribution >= 4 is 28.1 Å². The van der Waals surface area contributed by atoms with Gasteiger partial charge in [-0.3, -0.25) is 0 Å². The number of rotatable bonds is 7. The lowest BCUT2D eigenvalue weighted by molar-refractivity contribution is 0.0700. The maximum Gasteiger partial charge on any atom is 0.347 e. The highest BCUT2D eigenvalue weighted by Gasteiger charge is 2.21. The van der Waals surface area contributed by atoms with Crippen molar-refractivity contribution in [1.82, 2.24) is 4.98 Å². The van der Waals surface area contributed by atoms with Crippen LogP contribution in [0.3, 0.4) is 0 Å². The average Bonchev–Trinajstić information content (AvgIpc) is 3.06. The Kier molecular flexibility index (Phi) is 5.46. The van der Waals surface area contributed by atoms with Gasteiger partial charge in [0.15, 0.2) is 5.13 Å². The average molecular weight is 352 g/mol. The maximum atomic E-state index is 11.6. The summed E-state index contributed by atoms with van der Waals surface area (Å²) in [5, 5.41) is 10.2. The first-order valence-corrected chi connectivity index (χ1v) is 9.10. The van der Waals surface area contributed by atoms with Crippen molar-refractivity contribution < 1.29 is 9.90 Å². The number of hydrogen-bond acceptors (Lipinski definition) is 4. The van der Waals surface area contributed by atoms with E-state index in [1.165, 1.54) is 11.3 Å². The lowest BCUT2D eigenvalue weighted by Gasteiger charge is -2.22. The molecule has 0 amide bonds. The summed E-state index contributed by atoms with van der Waals surface area (Å²) in [5.74, 6) is -0.903. The van der Waals surface area contributed by atoms with Crippen LogP contribution in [0.15, 0.2) is 60.7 Å². The number of aryl methyl sites for hydroxylation is 1. The summed E-state index contributed by atoms with van der Waals surface area (Å²) in [7, 11) is 0. The molecule has 1 heterocycles. The summed E-state index contributed by atoms with van der Waals surface area (Å²) in [6.45, 7) is 2.67. The lowest BCUT2D eigenvalue weighted by Crippen LogP contribution is -2.16. The fourth-order valence-corrected chi connectivity index (χ4v) is 3.64. The van der Waals surface area contributed by atoms with Crippen molar-refractivity contribution in [3.8, 4) is 0 Å². The molecule has 3 rings (SSSR count). The van der Waals surface area contributed by atoms with E-state index < -0.39 is 5.97 Å². The zero-order valence-electron chi connectivity index (χ0n) is 14.1. The van der Waals surface area contributed by atoms with Crippen LogP contribution in [0.25, 0.3) is 0 Å². The summed E-state index contributed by atoms with van der Waals surface area (Å²) in [5.41, 5.74) is 2.82. The molecule has 5 heteroatoms. The molecule has 0 spiro atoms. The van der Waals surface area contributed by atoms with Gasteiger partial charge in [-0.05, 0) is 24.1 Å². The van der Waals surface area contributed by atoms with Crippen molar-refractivity contribution in [2.75, 3.05) is 4.90 Å². The summed E-state index contributed by atoms with van der Waals surface area (Å²) < 4.78 is 0. The third-order valence-corrected chi connectivity index (χ3v) is 4.96. The first-order chi connectivity index (χ1) is 12.2. The van der Waals surface area contributed by atoms with Gasteiger partial charge in [-0.2, -0.15) is 0 Å². The van der Waals surface area contributed by atoms with Crippen molar-refractivity contribution in [3.63, 3.8) is 0 Å². The fourth-order valence-electron chi connectivity index (χ4n) is 2.67. The van der Waals surface area contributed by atoms with Gasteiger partial charge in [-0.1, -0.05) is 73.2 Å². The van der Waals surface area contributed by atoms with E-state index in [0.717, 1.165) is 22.8 Å². The molecular formula is C20H20N2O2S. The molecule has 128 valence electrons. The van der Waals surface area contributed by atoms with Crippen molar-refractivity contribution in [2.24, 2.45) is 0 Å². The molecule has 0 saturated heterocycles. The van der Waals surface area contributed by atoms with Gasteiger partial charge < -0.3 is 10.0 Å². The molecule has 4 nitrogen and oxygen atoms in total. The Balaban J connectivity index is 2.02. The zero-order valence-corrected chi connectivity index (χ0v) is 14.9. The van der Waals surface area contributed by atoms with E-state index in [4.69, 9.17) is 0 Å². The number of benzene rings is 2. The van der Waals surface area contributed by atoms with Gasteiger partial charge in [-0.15, -0.1) is 0 Å². The van der Waals surface area contributed by atoms with Crippen LogP contribution in [0.5, 0.6) is 0 Å². The normalized spacial score (nSPS) is 10.6. The number of hydrogen-bond donors (Lipinski definition) is 1. The highest BCUT2D eigenvalue weighted by atomic mass is 32.1. The van der Waals surface area contributed by atoms with Crippen LogP contribution in [0.1, 0.15) is 34.3 Å². The number of nitrogens with zero attached hydrogens (tertiary/aromatic N) is 2. The minimum absolute atomic E-state index is 0.339. The van der Waals surface area contributed by atoms with Gasteiger partial charge in [0, 0.05) is 5.69 Å². The maximum absolute atomic E-state index is 11.6. The molecule has 25 heavy (non-hydrogen) atoms. The largest absolute Gasteiger partial charge is 0.477 e. The highest BCUT2D eigenvalue weighted by Crippen LogP contribution is 2.33. The molecule has 1 N–H and O–H groups in total. The molecular weight excluding hydrogens is 332 g/mol. The molecule has 0 fully saturated rings. The number of thiazole rings is 1. The van der Waals surface area contributed by atoms with Crippen LogP contribution in [-0.4, -0.2) is 16.1 Å². The quantitative estimate of drug-likeness (QED) is 0.640. The topological polar surface area (TPSA) is 53.4 Å². The first-order valence-electron chi connectivity index (χ1n) is 8.28. The number of aromatic carboxylic acids is 1. The number of aromatic nitrogens is 1. The summed E-state index contributed by atoms with van der Waals surface area (Å²) in [6, 6.07) is 20.1. The second kappa shape index (κ2) is 7.94. The molecule has 0 atom stereocenters. The van der Waals surface area contributed by atoms with E-state index in [0.29, 0.717) is 23.5 Å². The molecule has 3 aromatic rings. The van der Waals surface area contributed by atoms with Gasteiger partial charge in [-0.25, -0.2) is 9.78 Å². The van der Waals surface area contributed by atoms with E-state index in [2.05, 4.69) is 22.0 Å². The monoisotopic (exact) mass is 352 g/mol. The lowest BCUT2D eigenvalue weighted by atomic mass is 10.2. The molecule has 1 aromatic heterocycles. The predicted octanol–water partition coefficient (Wildman–Crippen LogP) is 5.13. The molecule has 0 radical (unpaired) electrons. The summed E-state index contributed by atoms with van der Waals surface area (Å²) >= 11 is 1.25. The second-order valence-electron chi connectivity index (χ2n) is 5.73. The Morgan fingerprint density at radius 2 is 1.72 bits per heavy atom. The molecule has 0 saturated carbocycles. The number of carbonyl (C=O) groups is 1. The van der Waals surface area contributed by atoms with Crippen molar-refractivity contribution in [3.05, 3.63) is 76.8 Å². The second-order valence-corrected chi connectivity index (χ2v) is 6.71. The van der Waals surface area contributed by atoms with Crippen molar-refractivity contribution in [2.45, 2.75) is 26.3 Å². The highest BCUT2D eigenvalue weighted by molar-refractivity contribution is 7.17. The minimum Gasteiger partial charge on any atom is -0.477 e. The summed E-state index contributed by atoms with van der Waals surface area (Å²) in [6.07, 6.45) is 1.54. The van der Waals surface area contributed by atoms with Gasteiger partial charge in [0.05, 0.1) is 12.2 Å². The van der Waals surface area contributed by atoms with E-state index in [1.54, 1.807) is 0 Å². The SMILES string of the molecule is CCCc1nc(N(Cc2ccccc2)c2ccccc2)sc1C(=O)O. The van der Waals surface area contributed by atoms with Gasteiger partial charge in [0.25, 0.3) is 0 Å². The smallest absolute Gasteiger partial charge is 0.347 e. The molecule has 0 aliphatic rings. The van der Waals surface area contributed by atoms with Crippen LogP contribution in [-0.2, 0) is 13.0 Å². The molecule has 0 aliphatic carbocycles. The van der Waals surface area contributed by atoms with Crippen molar-refractivity contribution in [1.29, 1.82) is 0 Å². The van der Waals surface area contributed by atoms with E-state index in [1.807, 2.05) is 55.5 Å². The Hall–Kier alpha value is -2.66. The van der Waals surface area contributed by atoms with Crippen LogP contribution in [0.4, 0.5) is 10.8 Å². The Labute approximate surface area is 151 Å². The van der Waals surface area contributed by atoms with E-state index in [9.17, 15) is 9.90 Å². The van der Waals surface area contributed by atoms with Crippen LogP contribution < -0.4 is 4.90 Å². The fraction of sp³-hybridized carbons (Fsp3) is 0.200. The first kappa shape index (κ1) is 17.2. The van der Waals surface area contributed by atoms with E-state index >= 15 is 0 Å². The molecule has 0 unspecified atom stereocenters. The number of carboxylic acids is 1. The zero-order chi connectivity index (χ0) is 17.6. The molecule has 2 aromatic carbocycles. The van der Waals surface area contributed by atoms with Crippen LogP contribution in [0.2, 0.25) is 0 Å². The third kappa shape index (κ3) is 4.06. The number of anilines is 2. The molecule has 0 aliphatic heterocycles. The van der Waals surface area contributed by atoms with Gasteiger partial charge in [0.2, 0.25) is 0 Å². The minimum atomic E-state index is -0.903. The standard InChI is InChI=1S/C20H20N2O2S/c1-2-9-17-18(19(23)24)25-20(21-17)22(16-12-7-4-8-13-16)14-15-10-5-3-6-11-15/h3-8,10-13H,2,9,14H2,1H3,(H,23,24). The summed E-state index contributed by atoms with van der Waals surface area (Å²) in [4.78, 5) is 18.7. The van der Waals surface area contributed by atoms with Gasteiger partial charge >= 0.3 is 5.97 Å². The van der Waals surface area contributed by atoms with Crippen LogP contribution in [0, 0.1) is 0 Å². The van der Waals surface area contributed by atoms with E-state index in [-0.39, 0.29) is 0 Å². The van der Waals surface area contributed by atoms with Crippen LogP contribution >= 0.6 is 11.3 Å². The predicted molar refractivity (Wildman–Crippen MR) is 102 cm³/mol. The Morgan fingerprint density at radius 1 is 1.08 bits per heavy atom. The Bertz CT molecular complexity index is 831. The number of carboxylic acid groups (broad SMARTS) is 1.